The number of nitrogens with zero attached hydrogens (tertiary/aromatic N) is 1. The molecule has 98 valence electrons. The van der Waals surface area contributed by atoms with Gasteiger partial charge in [0.1, 0.15) is 5.69 Å². The van der Waals surface area contributed by atoms with Crippen LogP contribution >= 0.6 is 15.9 Å². The van der Waals surface area contributed by atoms with Crippen LogP contribution in [0, 0.1) is 5.92 Å². The number of hydrogen-bond donors (Lipinski definition) is 2. The molecule has 0 spiro atoms. The summed E-state index contributed by atoms with van der Waals surface area (Å²) in [6, 6.07) is 3.34. The summed E-state index contributed by atoms with van der Waals surface area (Å²) < 4.78 is 0.802. The molecule has 1 heterocycles. The Hall–Kier alpha value is -1.43. The number of halogens is 1. The van der Waals surface area contributed by atoms with Gasteiger partial charge in [0.25, 0.3) is 5.91 Å². The van der Waals surface area contributed by atoms with Crippen molar-refractivity contribution in [3.05, 3.63) is 28.5 Å². The Labute approximate surface area is 114 Å². The van der Waals surface area contributed by atoms with Crippen molar-refractivity contribution >= 4 is 27.8 Å². The highest BCUT2D eigenvalue weighted by atomic mass is 79.9. The van der Waals surface area contributed by atoms with Crippen molar-refractivity contribution < 1.29 is 14.7 Å². The monoisotopic (exact) mass is 314 g/mol. The van der Waals surface area contributed by atoms with E-state index in [0.29, 0.717) is 18.7 Å². The number of rotatable bonds is 6. The van der Waals surface area contributed by atoms with Crippen LogP contribution < -0.4 is 5.32 Å². The fourth-order valence-corrected chi connectivity index (χ4v) is 1.68. The number of carbonyl (C=O) groups excluding carboxylic acids is 1. The highest BCUT2D eigenvalue weighted by Gasteiger charge is 2.13. The van der Waals surface area contributed by atoms with E-state index in [0.717, 1.165) is 4.47 Å². The Kier molecular flexibility index (Phi) is 5.77. The number of nitrogens with one attached hydrogen (secondary N) is 1. The molecule has 0 saturated carbocycles. The fourth-order valence-electron chi connectivity index (χ4n) is 1.45. The molecule has 1 aromatic rings. The topological polar surface area (TPSA) is 79.3 Å². The minimum absolute atomic E-state index is 0.0538. The average Bonchev–Trinajstić information content (AvgIpc) is 2.34. The number of carbonyl (C=O) groups is 2. The Morgan fingerprint density at radius 1 is 1.50 bits per heavy atom. The highest BCUT2D eigenvalue weighted by molar-refractivity contribution is 9.10. The van der Waals surface area contributed by atoms with Crippen LogP contribution in [0.15, 0.2) is 22.8 Å². The first-order valence-corrected chi connectivity index (χ1v) is 6.43. The lowest BCUT2D eigenvalue weighted by molar-refractivity contribution is -0.138. The molecule has 0 aliphatic rings. The first-order valence-electron chi connectivity index (χ1n) is 5.64. The minimum atomic E-state index is -0.849. The lowest BCUT2D eigenvalue weighted by atomic mass is 10.0. The molecule has 1 aromatic heterocycles. The van der Waals surface area contributed by atoms with E-state index in [1.54, 1.807) is 18.3 Å². The van der Waals surface area contributed by atoms with Gasteiger partial charge in [-0.3, -0.25) is 9.59 Å². The van der Waals surface area contributed by atoms with E-state index in [1.165, 1.54) is 0 Å². The van der Waals surface area contributed by atoms with E-state index < -0.39 is 5.97 Å². The van der Waals surface area contributed by atoms with Crippen molar-refractivity contribution in [2.45, 2.75) is 19.8 Å². The molecule has 18 heavy (non-hydrogen) atoms. The molecule has 0 saturated heterocycles. The second-order valence-corrected chi connectivity index (χ2v) is 4.86. The maximum absolute atomic E-state index is 11.7. The van der Waals surface area contributed by atoms with Gasteiger partial charge in [-0.25, -0.2) is 4.98 Å². The number of carboxylic acids is 1. The van der Waals surface area contributed by atoms with Gasteiger partial charge < -0.3 is 10.4 Å². The second-order valence-electron chi connectivity index (χ2n) is 3.94. The molecule has 0 bridgehead atoms. The molecule has 1 atom stereocenters. The predicted molar refractivity (Wildman–Crippen MR) is 70.3 cm³/mol. The van der Waals surface area contributed by atoms with Gasteiger partial charge >= 0.3 is 5.97 Å². The predicted octanol–water partition coefficient (Wildman–Crippen LogP) is 2.07. The molecular weight excluding hydrogens is 300 g/mol. The van der Waals surface area contributed by atoms with E-state index in [1.807, 2.05) is 6.92 Å². The van der Waals surface area contributed by atoms with Crippen LogP contribution in [0.4, 0.5) is 0 Å². The van der Waals surface area contributed by atoms with Gasteiger partial charge in [0.05, 0.1) is 0 Å². The summed E-state index contributed by atoms with van der Waals surface area (Å²) in [5.41, 5.74) is 0.323. The number of pyridine rings is 1. The Bertz CT molecular complexity index is 420. The number of amides is 1. The summed E-state index contributed by atoms with van der Waals surface area (Å²) in [5.74, 6) is -1.19. The Morgan fingerprint density at radius 3 is 2.72 bits per heavy atom. The quantitative estimate of drug-likeness (QED) is 0.842. The molecule has 1 unspecified atom stereocenters. The van der Waals surface area contributed by atoms with Gasteiger partial charge in [-0.05, 0) is 34.0 Å². The largest absolute Gasteiger partial charge is 0.481 e. The van der Waals surface area contributed by atoms with Crippen LogP contribution in [-0.4, -0.2) is 28.5 Å². The number of aromatic nitrogens is 1. The van der Waals surface area contributed by atoms with Crippen LogP contribution in [0.1, 0.15) is 30.3 Å². The lowest BCUT2D eigenvalue weighted by Crippen LogP contribution is -2.30. The zero-order valence-corrected chi connectivity index (χ0v) is 11.6. The SMILES string of the molecule is CCC(CNC(=O)c1ccc(Br)cn1)CC(=O)O. The first kappa shape index (κ1) is 14.6. The summed E-state index contributed by atoms with van der Waals surface area (Å²) >= 11 is 3.24. The normalized spacial score (nSPS) is 11.9. The summed E-state index contributed by atoms with van der Waals surface area (Å²) in [7, 11) is 0. The van der Waals surface area contributed by atoms with Crippen LogP contribution in [0.25, 0.3) is 0 Å². The van der Waals surface area contributed by atoms with Crippen molar-refractivity contribution in [2.24, 2.45) is 5.92 Å². The molecule has 6 heteroatoms. The van der Waals surface area contributed by atoms with Crippen molar-refractivity contribution in [2.75, 3.05) is 6.54 Å². The number of carboxylic acid groups (broad SMARTS) is 1. The average molecular weight is 315 g/mol. The van der Waals surface area contributed by atoms with Gasteiger partial charge in [0, 0.05) is 23.6 Å². The second kappa shape index (κ2) is 7.10. The summed E-state index contributed by atoms with van der Waals surface area (Å²) in [5, 5.41) is 11.4. The van der Waals surface area contributed by atoms with Crippen molar-refractivity contribution in [1.82, 2.24) is 10.3 Å². The molecular formula is C12H15BrN2O3. The summed E-state index contributed by atoms with van der Waals surface area (Å²) in [6.07, 6.45) is 2.31. The van der Waals surface area contributed by atoms with Crippen LogP contribution in [0.3, 0.4) is 0 Å². The molecule has 1 amide bonds. The summed E-state index contributed by atoms with van der Waals surface area (Å²) in [6.45, 7) is 2.25. The molecule has 0 aliphatic carbocycles. The van der Waals surface area contributed by atoms with E-state index >= 15 is 0 Å². The molecule has 0 radical (unpaired) electrons. The van der Waals surface area contributed by atoms with Gasteiger partial charge in [0.2, 0.25) is 0 Å². The van der Waals surface area contributed by atoms with Crippen LogP contribution in [0.5, 0.6) is 0 Å². The zero-order valence-electron chi connectivity index (χ0n) is 10.0. The zero-order chi connectivity index (χ0) is 13.5. The van der Waals surface area contributed by atoms with Crippen LogP contribution in [-0.2, 0) is 4.79 Å². The van der Waals surface area contributed by atoms with E-state index in [9.17, 15) is 9.59 Å². The third-order valence-corrected chi connectivity index (χ3v) is 3.02. The van der Waals surface area contributed by atoms with Gasteiger partial charge in [0.15, 0.2) is 0 Å². The van der Waals surface area contributed by atoms with Gasteiger partial charge in [-0.2, -0.15) is 0 Å². The third kappa shape index (κ3) is 4.83. The molecule has 0 aromatic carbocycles. The molecule has 5 nitrogen and oxygen atoms in total. The van der Waals surface area contributed by atoms with Crippen molar-refractivity contribution in [1.29, 1.82) is 0 Å². The van der Waals surface area contributed by atoms with E-state index in [2.05, 4.69) is 26.2 Å². The number of hydrogen-bond acceptors (Lipinski definition) is 3. The lowest BCUT2D eigenvalue weighted by Gasteiger charge is -2.13. The standard InChI is InChI=1S/C12H15BrN2O3/c1-2-8(5-11(16)17)6-15-12(18)10-4-3-9(13)7-14-10/h3-4,7-8H,2,5-6H2,1H3,(H,15,18)(H,16,17). The molecule has 0 aliphatic heterocycles. The fraction of sp³-hybridized carbons (Fsp3) is 0.417. The maximum atomic E-state index is 11.7. The first-order chi connectivity index (χ1) is 8.52. The molecule has 2 N–H and O–H groups in total. The van der Waals surface area contributed by atoms with E-state index in [4.69, 9.17) is 5.11 Å². The van der Waals surface area contributed by atoms with Crippen molar-refractivity contribution in [3.8, 4) is 0 Å². The van der Waals surface area contributed by atoms with Crippen LogP contribution in [0.2, 0.25) is 0 Å². The van der Waals surface area contributed by atoms with Crippen molar-refractivity contribution in [3.63, 3.8) is 0 Å². The smallest absolute Gasteiger partial charge is 0.303 e. The Morgan fingerprint density at radius 2 is 2.22 bits per heavy atom. The van der Waals surface area contributed by atoms with Gasteiger partial charge in [-0.15, -0.1) is 0 Å². The van der Waals surface area contributed by atoms with E-state index in [-0.39, 0.29) is 18.2 Å². The number of aliphatic carboxylic acids is 1. The molecule has 0 fully saturated rings. The third-order valence-electron chi connectivity index (χ3n) is 2.55. The minimum Gasteiger partial charge on any atom is -0.481 e. The van der Waals surface area contributed by atoms with Gasteiger partial charge in [-0.1, -0.05) is 13.3 Å². The summed E-state index contributed by atoms with van der Waals surface area (Å²) in [4.78, 5) is 26.3. The highest BCUT2D eigenvalue weighted by Crippen LogP contribution is 2.09. The molecule has 1 rings (SSSR count). The maximum Gasteiger partial charge on any atom is 0.303 e. The Balaban J connectivity index is 2.49.